The van der Waals surface area contributed by atoms with E-state index in [9.17, 15) is 19.6 Å². The number of hydrogen-bond donors (Lipinski definition) is 3. The van der Waals surface area contributed by atoms with E-state index >= 15 is 0 Å². The molecule has 0 spiro atoms. The average molecular weight is 517 g/mol. The molecule has 1 aromatic heterocycles. The Hall–Kier alpha value is -3.23. The lowest BCUT2D eigenvalue weighted by Crippen LogP contribution is -2.52. The molecule has 8 nitrogen and oxygen atoms in total. The molecule has 0 unspecified atom stereocenters. The summed E-state index contributed by atoms with van der Waals surface area (Å²) in [6, 6.07) is 14.6. The molecule has 0 aliphatic rings. The predicted molar refractivity (Wildman–Crippen MR) is 142 cm³/mol. The zero-order valence-electron chi connectivity index (χ0n) is 21.3. The van der Waals surface area contributed by atoms with Crippen molar-refractivity contribution in [2.75, 3.05) is 6.54 Å². The van der Waals surface area contributed by atoms with Crippen molar-refractivity contribution in [3.63, 3.8) is 0 Å². The Morgan fingerprint density at radius 1 is 0.944 bits per heavy atom. The zero-order chi connectivity index (χ0) is 25.8. The van der Waals surface area contributed by atoms with E-state index in [2.05, 4.69) is 10.4 Å². The van der Waals surface area contributed by atoms with Gasteiger partial charge in [-0.2, -0.15) is 0 Å². The number of hydrazine groups is 1. The van der Waals surface area contributed by atoms with Crippen molar-refractivity contribution in [1.82, 2.24) is 20.9 Å². The molecule has 0 bridgehead atoms. The fraction of sp³-hybridized carbons (Fsp3) is 0.407. The average Bonchev–Trinajstić information content (AvgIpc) is 2.85. The molecule has 2 rings (SSSR count). The van der Waals surface area contributed by atoms with Gasteiger partial charge in [0, 0.05) is 12.7 Å². The highest BCUT2D eigenvalue weighted by Crippen LogP contribution is 2.26. The first-order valence-electron chi connectivity index (χ1n) is 11.9. The highest BCUT2D eigenvalue weighted by atomic mass is 35.5. The molecular weight excluding hydrogens is 480 g/mol. The van der Waals surface area contributed by atoms with Crippen molar-refractivity contribution in [2.45, 2.75) is 40.5 Å². The van der Waals surface area contributed by atoms with E-state index in [1.165, 1.54) is 11.2 Å². The van der Waals surface area contributed by atoms with Gasteiger partial charge in [0.15, 0.2) is 0 Å². The number of hydroxylamine groups is 1. The smallest absolute Gasteiger partial charge is 0.289 e. The van der Waals surface area contributed by atoms with Crippen molar-refractivity contribution in [2.24, 2.45) is 23.7 Å². The zero-order valence-corrected chi connectivity index (χ0v) is 22.1. The maximum Gasteiger partial charge on any atom is 0.290 e. The van der Waals surface area contributed by atoms with Crippen LogP contribution in [0.3, 0.4) is 0 Å². The normalized spacial score (nSPS) is 12.6. The molecule has 1 aromatic carbocycles. The molecule has 2 aromatic rings. The van der Waals surface area contributed by atoms with Gasteiger partial charge in [-0.15, -0.1) is 12.4 Å². The highest BCUT2D eigenvalue weighted by Gasteiger charge is 2.35. The highest BCUT2D eigenvalue weighted by molar-refractivity contribution is 5.94. The summed E-state index contributed by atoms with van der Waals surface area (Å²) in [5, 5.41) is 10.7. The summed E-state index contributed by atoms with van der Waals surface area (Å²) in [5.41, 5.74) is 5.63. The summed E-state index contributed by atoms with van der Waals surface area (Å²) >= 11 is 0. The second-order valence-electron chi connectivity index (χ2n) is 9.37. The first kappa shape index (κ1) is 30.8. The van der Waals surface area contributed by atoms with Gasteiger partial charge in [-0.1, -0.05) is 76.2 Å². The van der Waals surface area contributed by atoms with Crippen LogP contribution in [0.1, 0.15) is 56.6 Å². The number of halogens is 1. The molecule has 0 saturated heterocycles. The third-order valence-corrected chi connectivity index (χ3v) is 5.42. The van der Waals surface area contributed by atoms with Gasteiger partial charge in [0.05, 0.1) is 11.8 Å². The predicted octanol–water partition coefficient (Wildman–Crippen LogP) is 4.52. The number of carbonyl (C=O) groups excluding carboxylic acids is 3. The third kappa shape index (κ3) is 9.79. The van der Waals surface area contributed by atoms with Gasteiger partial charge >= 0.3 is 0 Å². The molecule has 0 aliphatic heterocycles. The topological polar surface area (TPSA) is 112 Å². The number of aromatic nitrogens is 1. The summed E-state index contributed by atoms with van der Waals surface area (Å²) in [5.74, 6) is -2.94. The summed E-state index contributed by atoms with van der Waals surface area (Å²) in [7, 11) is 0. The minimum absolute atomic E-state index is 0. The van der Waals surface area contributed by atoms with Gasteiger partial charge in [-0.3, -0.25) is 30.0 Å². The Morgan fingerprint density at radius 2 is 1.61 bits per heavy atom. The minimum atomic E-state index is -0.826. The summed E-state index contributed by atoms with van der Waals surface area (Å²) in [4.78, 5) is 43.3. The van der Waals surface area contributed by atoms with E-state index in [4.69, 9.17) is 0 Å². The van der Waals surface area contributed by atoms with Crippen molar-refractivity contribution in [3.8, 4) is 0 Å². The van der Waals surface area contributed by atoms with Crippen molar-refractivity contribution in [3.05, 3.63) is 72.1 Å². The first-order chi connectivity index (χ1) is 16.7. The van der Waals surface area contributed by atoms with Crippen LogP contribution in [0.2, 0.25) is 0 Å². The van der Waals surface area contributed by atoms with Gasteiger partial charge in [-0.05, 0) is 42.4 Å². The lowest BCUT2D eigenvalue weighted by Gasteiger charge is -2.30. The molecule has 2 atom stereocenters. The van der Waals surface area contributed by atoms with Crippen molar-refractivity contribution in [1.29, 1.82) is 0 Å². The quantitative estimate of drug-likeness (QED) is 0.300. The maximum atomic E-state index is 13.5. The standard InChI is InChI=1S/C27H36N4O4.ClH/c1-19(2)17-23(22(26(33)30-35)14-10-13-21-11-6-5-7-12-21)25(32)29-31(18-20(3)4)27(34)24-15-8-9-16-28-24;/h5-13,15-16,19-20,22-23,35H,14,17-18H2,1-4H3,(H,29,32)(H,30,33);1H/t22-,23+;/m0./s1. The number of nitrogens with one attached hydrogen (secondary N) is 2. The van der Waals surface area contributed by atoms with Crippen LogP contribution in [0.5, 0.6) is 0 Å². The Balaban J connectivity index is 0.00000648. The van der Waals surface area contributed by atoms with E-state index in [0.29, 0.717) is 6.42 Å². The van der Waals surface area contributed by atoms with E-state index in [-0.39, 0.29) is 42.9 Å². The number of benzene rings is 1. The fourth-order valence-corrected chi connectivity index (χ4v) is 3.80. The number of carbonyl (C=O) groups is 3. The largest absolute Gasteiger partial charge is 0.290 e. The summed E-state index contributed by atoms with van der Waals surface area (Å²) < 4.78 is 0. The number of hydrogen-bond acceptors (Lipinski definition) is 5. The molecule has 3 amide bonds. The van der Waals surface area contributed by atoms with E-state index in [1.807, 2.05) is 70.2 Å². The van der Waals surface area contributed by atoms with E-state index < -0.39 is 29.6 Å². The Morgan fingerprint density at radius 3 is 2.17 bits per heavy atom. The third-order valence-electron chi connectivity index (χ3n) is 5.42. The van der Waals surface area contributed by atoms with Crippen LogP contribution in [0, 0.1) is 23.7 Å². The number of nitrogens with zero attached hydrogens (tertiary/aromatic N) is 2. The van der Waals surface area contributed by atoms with Crippen LogP contribution in [0.4, 0.5) is 0 Å². The second kappa shape index (κ2) is 15.7. The molecule has 3 N–H and O–H groups in total. The van der Waals surface area contributed by atoms with Crippen LogP contribution in [0.15, 0.2) is 60.8 Å². The van der Waals surface area contributed by atoms with Gasteiger partial charge < -0.3 is 0 Å². The molecule has 0 radical (unpaired) electrons. The van der Waals surface area contributed by atoms with Crippen LogP contribution in [-0.4, -0.2) is 39.5 Å². The Kier molecular flexibility index (Phi) is 13.4. The van der Waals surface area contributed by atoms with Crippen molar-refractivity contribution < 1.29 is 19.6 Å². The molecule has 1 heterocycles. The second-order valence-corrected chi connectivity index (χ2v) is 9.37. The van der Waals surface area contributed by atoms with Crippen LogP contribution in [-0.2, 0) is 9.59 Å². The fourth-order valence-electron chi connectivity index (χ4n) is 3.80. The number of allylic oxidation sites excluding steroid dienone is 1. The molecule has 9 heteroatoms. The maximum absolute atomic E-state index is 13.5. The molecule has 36 heavy (non-hydrogen) atoms. The lowest BCUT2D eigenvalue weighted by atomic mass is 9.82. The van der Waals surface area contributed by atoms with Crippen LogP contribution < -0.4 is 10.9 Å². The Labute approximate surface area is 219 Å². The molecule has 0 aliphatic carbocycles. The van der Waals surface area contributed by atoms with Gasteiger partial charge in [0.1, 0.15) is 5.69 Å². The van der Waals surface area contributed by atoms with Gasteiger partial charge in [0.2, 0.25) is 11.8 Å². The molecular formula is C27H37ClN4O4. The molecule has 0 saturated carbocycles. The van der Waals surface area contributed by atoms with Crippen LogP contribution in [0.25, 0.3) is 6.08 Å². The Bertz CT molecular complexity index is 984. The lowest BCUT2D eigenvalue weighted by molar-refractivity contribution is -0.142. The number of pyridine rings is 1. The summed E-state index contributed by atoms with van der Waals surface area (Å²) in [6.07, 6.45) is 5.85. The van der Waals surface area contributed by atoms with Gasteiger partial charge in [0.25, 0.3) is 5.91 Å². The summed E-state index contributed by atoms with van der Waals surface area (Å²) in [6.45, 7) is 8.07. The minimum Gasteiger partial charge on any atom is -0.289 e. The molecule has 196 valence electrons. The van der Waals surface area contributed by atoms with Crippen molar-refractivity contribution >= 4 is 36.2 Å². The van der Waals surface area contributed by atoms with Gasteiger partial charge in [-0.25, -0.2) is 10.5 Å². The number of amides is 3. The molecule has 0 fully saturated rings. The van der Waals surface area contributed by atoms with Crippen LogP contribution >= 0.6 is 12.4 Å². The van der Waals surface area contributed by atoms with E-state index in [0.717, 1.165) is 5.56 Å². The number of rotatable bonds is 11. The monoisotopic (exact) mass is 516 g/mol. The van der Waals surface area contributed by atoms with E-state index in [1.54, 1.807) is 23.7 Å². The SMILES string of the molecule is CC(C)C[C@@H](C(=O)NN(CC(C)C)C(=O)c1ccccn1)[C@H](CC=Cc1ccccc1)C(=O)NO.Cl. The first-order valence-corrected chi connectivity index (χ1v) is 11.9.